The third kappa shape index (κ3) is 5.41. The minimum Gasteiger partial charge on any atom is -0.353 e. The summed E-state index contributed by atoms with van der Waals surface area (Å²) in [4.78, 5) is 12.9. The minimum absolute atomic E-state index is 0.194. The topological polar surface area (TPSA) is 56.3 Å². The van der Waals surface area contributed by atoms with Crippen molar-refractivity contribution in [2.75, 3.05) is 49.1 Å². The molecular formula is C17H26F4N6. The summed E-state index contributed by atoms with van der Waals surface area (Å²) < 4.78 is 50.8. The van der Waals surface area contributed by atoms with E-state index in [0.29, 0.717) is 45.2 Å². The molecule has 3 heterocycles. The summed E-state index contributed by atoms with van der Waals surface area (Å²) in [6.07, 6.45) is -3.39. The van der Waals surface area contributed by atoms with Gasteiger partial charge < -0.3 is 20.4 Å². The number of aromatic nitrogens is 2. The molecule has 0 spiro atoms. The standard InChI is InChI=1S/C17H26F4N6/c1-11-8-24-17(27-5-3-23-13(10-27)7-15(20)21)25-16(11)26-4-2-22-12(9-26)6-14(18)19/h8,12-15,22-23H,2-7,9-10H2,1H3. The number of hydrogen-bond acceptors (Lipinski definition) is 6. The predicted octanol–water partition coefficient (Wildman–Crippen LogP) is 1.65. The van der Waals surface area contributed by atoms with Crippen molar-refractivity contribution in [3.63, 3.8) is 0 Å². The largest absolute Gasteiger partial charge is 0.353 e. The van der Waals surface area contributed by atoms with E-state index in [4.69, 9.17) is 0 Å². The summed E-state index contributed by atoms with van der Waals surface area (Å²) >= 11 is 0. The molecule has 1 aromatic heterocycles. The zero-order valence-electron chi connectivity index (χ0n) is 15.3. The smallest absolute Gasteiger partial charge is 0.240 e. The molecule has 2 aliphatic rings. The lowest BCUT2D eigenvalue weighted by Crippen LogP contribution is -2.53. The number of alkyl halides is 4. The van der Waals surface area contributed by atoms with Crippen molar-refractivity contribution in [1.29, 1.82) is 0 Å². The third-order valence-corrected chi connectivity index (χ3v) is 4.95. The number of halogens is 4. The van der Waals surface area contributed by atoms with Gasteiger partial charge in [-0.25, -0.2) is 22.5 Å². The molecule has 0 bridgehead atoms. The van der Waals surface area contributed by atoms with Crippen LogP contribution in [0.4, 0.5) is 29.3 Å². The third-order valence-electron chi connectivity index (χ3n) is 4.95. The molecule has 27 heavy (non-hydrogen) atoms. The first-order valence-corrected chi connectivity index (χ1v) is 9.29. The van der Waals surface area contributed by atoms with Gasteiger partial charge in [-0.3, -0.25) is 0 Å². The summed E-state index contributed by atoms with van der Waals surface area (Å²) in [6, 6.07) is -0.590. The van der Waals surface area contributed by atoms with Gasteiger partial charge >= 0.3 is 0 Å². The van der Waals surface area contributed by atoms with Crippen LogP contribution in [-0.4, -0.2) is 74.2 Å². The lowest BCUT2D eigenvalue weighted by Gasteiger charge is -2.37. The van der Waals surface area contributed by atoms with Crippen LogP contribution in [-0.2, 0) is 0 Å². The molecule has 0 aromatic carbocycles. The highest BCUT2D eigenvalue weighted by molar-refractivity contribution is 5.50. The Bertz CT molecular complexity index is 617. The summed E-state index contributed by atoms with van der Waals surface area (Å²) in [7, 11) is 0. The van der Waals surface area contributed by atoms with Crippen molar-refractivity contribution in [3.05, 3.63) is 11.8 Å². The molecule has 152 valence electrons. The maximum atomic E-state index is 12.7. The number of hydrogen-bond donors (Lipinski definition) is 2. The van der Waals surface area contributed by atoms with E-state index in [1.165, 1.54) is 0 Å². The molecule has 2 unspecified atom stereocenters. The van der Waals surface area contributed by atoms with Gasteiger partial charge in [0.2, 0.25) is 18.8 Å². The number of aryl methyl sites for hydroxylation is 1. The maximum absolute atomic E-state index is 12.7. The molecule has 0 saturated carbocycles. The molecule has 2 N–H and O–H groups in total. The van der Waals surface area contributed by atoms with E-state index in [1.54, 1.807) is 6.20 Å². The quantitative estimate of drug-likeness (QED) is 0.721. The molecule has 6 nitrogen and oxygen atoms in total. The molecule has 2 fully saturated rings. The molecule has 0 aliphatic carbocycles. The SMILES string of the molecule is Cc1cnc(N2CCNC(CC(F)F)C2)nc1N1CCNC(CC(F)F)C1. The molecule has 1 aromatic rings. The van der Waals surface area contributed by atoms with E-state index < -0.39 is 12.9 Å². The average molecular weight is 390 g/mol. The number of piperazine rings is 2. The van der Waals surface area contributed by atoms with Gasteiger partial charge in [-0.1, -0.05) is 0 Å². The fourth-order valence-corrected chi connectivity index (χ4v) is 3.67. The van der Waals surface area contributed by atoms with E-state index in [2.05, 4.69) is 20.6 Å². The van der Waals surface area contributed by atoms with Gasteiger partial charge in [0.1, 0.15) is 5.82 Å². The first-order valence-electron chi connectivity index (χ1n) is 9.29. The second-order valence-electron chi connectivity index (χ2n) is 7.12. The summed E-state index contributed by atoms with van der Waals surface area (Å²) in [5, 5.41) is 6.21. The van der Waals surface area contributed by atoms with Gasteiger partial charge in [-0.2, -0.15) is 4.98 Å². The van der Waals surface area contributed by atoms with Gasteiger partial charge in [0.25, 0.3) is 0 Å². The number of anilines is 2. The van der Waals surface area contributed by atoms with Crippen molar-refractivity contribution in [1.82, 2.24) is 20.6 Å². The molecule has 0 radical (unpaired) electrons. The Morgan fingerprint density at radius 2 is 1.56 bits per heavy atom. The van der Waals surface area contributed by atoms with Crippen LogP contribution in [0, 0.1) is 6.92 Å². The molecular weight excluding hydrogens is 364 g/mol. The number of nitrogens with zero attached hydrogens (tertiary/aromatic N) is 4. The Morgan fingerprint density at radius 1 is 1.00 bits per heavy atom. The van der Waals surface area contributed by atoms with Crippen molar-refractivity contribution in [3.8, 4) is 0 Å². The predicted molar refractivity (Wildman–Crippen MR) is 96.0 cm³/mol. The molecule has 2 saturated heterocycles. The summed E-state index contributed by atoms with van der Waals surface area (Å²) in [5.41, 5.74) is 0.871. The highest BCUT2D eigenvalue weighted by atomic mass is 19.3. The van der Waals surface area contributed by atoms with Crippen LogP contribution in [0.2, 0.25) is 0 Å². The van der Waals surface area contributed by atoms with E-state index in [-0.39, 0.29) is 24.9 Å². The van der Waals surface area contributed by atoms with Crippen molar-refractivity contribution >= 4 is 11.8 Å². The van der Waals surface area contributed by atoms with Crippen molar-refractivity contribution < 1.29 is 17.6 Å². The maximum Gasteiger partial charge on any atom is 0.240 e. The fraction of sp³-hybridized carbons (Fsp3) is 0.765. The fourth-order valence-electron chi connectivity index (χ4n) is 3.67. The lowest BCUT2D eigenvalue weighted by molar-refractivity contribution is 0.120. The number of rotatable bonds is 6. The molecule has 0 amide bonds. The molecule has 3 rings (SSSR count). The van der Waals surface area contributed by atoms with Gasteiger partial charge in [-0.05, 0) is 6.92 Å². The Hall–Kier alpha value is -1.68. The second kappa shape index (κ2) is 9.01. The Kier molecular flexibility index (Phi) is 6.69. The van der Waals surface area contributed by atoms with Crippen LogP contribution >= 0.6 is 0 Å². The van der Waals surface area contributed by atoms with E-state index in [0.717, 1.165) is 11.4 Å². The van der Waals surface area contributed by atoms with Gasteiger partial charge in [0.15, 0.2) is 0 Å². The monoisotopic (exact) mass is 390 g/mol. The van der Waals surface area contributed by atoms with Crippen molar-refractivity contribution in [2.45, 2.75) is 44.7 Å². The Morgan fingerprint density at radius 3 is 2.15 bits per heavy atom. The van der Waals surface area contributed by atoms with Gasteiger partial charge in [-0.15, -0.1) is 0 Å². The van der Waals surface area contributed by atoms with Gasteiger partial charge in [0, 0.05) is 76.0 Å². The zero-order valence-corrected chi connectivity index (χ0v) is 15.3. The lowest BCUT2D eigenvalue weighted by atomic mass is 10.1. The van der Waals surface area contributed by atoms with E-state index >= 15 is 0 Å². The molecule has 10 heteroatoms. The van der Waals surface area contributed by atoms with Crippen LogP contribution in [0.3, 0.4) is 0 Å². The van der Waals surface area contributed by atoms with Crippen LogP contribution in [0.1, 0.15) is 18.4 Å². The average Bonchev–Trinajstić information content (AvgIpc) is 2.61. The van der Waals surface area contributed by atoms with E-state index in [1.807, 2.05) is 16.7 Å². The molecule has 2 aliphatic heterocycles. The summed E-state index contributed by atoms with van der Waals surface area (Å²) in [6.45, 7) is 5.28. The number of nitrogens with one attached hydrogen (secondary N) is 2. The van der Waals surface area contributed by atoms with E-state index in [9.17, 15) is 17.6 Å². The Balaban J connectivity index is 1.72. The van der Waals surface area contributed by atoms with Crippen LogP contribution < -0.4 is 20.4 Å². The zero-order chi connectivity index (χ0) is 19.4. The van der Waals surface area contributed by atoms with Crippen LogP contribution in [0.25, 0.3) is 0 Å². The van der Waals surface area contributed by atoms with Crippen LogP contribution in [0.15, 0.2) is 6.20 Å². The minimum atomic E-state index is -2.36. The Labute approximate surface area is 156 Å². The highest BCUT2D eigenvalue weighted by Crippen LogP contribution is 2.23. The first-order chi connectivity index (χ1) is 12.9. The normalized spacial score (nSPS) is 24.1. The summed E-state index contributed by atoms with van der Waals surface area (Å²) in [5.74, 6) is 1.23. The van der Waals surface area contributed by atoms with Crippen molar-refractivity contribution in [2.24, 2.45) is 0 Å². The second-order valence-corrected chi connectivity index (χ2v) is 7.12. The highest BCUT2D eigenvalue weighted by Gasteiger charge is 2.27. The first kappa shape index (κ1) is 20.1. The molecule has 2 atom stereocenters. The van der Waals surface area contributed by atoms with Crippen LogP contribution in [0.5, 0.6) is 0 Å². The van der Waals surface area contributed by atoms with Gasteiger partial charge in [0.05, 0.1) is 0 Å².